The Labute approximate surface area is 122 Å². The van der Waals surface area contributed by atoms with Gasteiger partial charge in [0, 0.05) is 6.92 Å². The minimum atomic E-state index is -4.55. The lowest BCUT2D eigenvalue weighted by Crippen LogP contribution is -2.20. The number of aromatic hydroxyl groups is 1. The Balaban J connectivity index is 2.70. The molecule has 0 unspecified atom stereocenters. The van der Waals surface area contributed by atoms with Crippen LogP contribution in [0.5, 0.6) is 5.75 Å². The summed E-state index contributed by atoms with van der Waals surface area (Å²) in [5.74, 6) is -1.46. The minimum absolute atomic E-state index is 0.0230. The summed E-state index contributed by atoms with van der Waals surface area (Å²) in [5, 5.41) is 13.2. The Kier molecular flexibility index (Phi) is 3.78. The van der Waals surface area contributed by atoms with Crippen LogP contribution in [-0.2, 0) is 6.18 Å². The molecular formula is C14H11F3N2O3. The van der Waals surface area contributed by atoms with Gasteiger partial charge >= 0.3 is 6.18 Å². The summed E-state index contributed by atoms with van der Waals surface area (Å²) in [6.45, 7) is 2.54. The van der Waals surface area contributed by atoms with E-state index in [0.717, 1.165) is 29.9 Å². The highest BCUT2D eigenvalue weighted by atomic mass is 19.4. The van der Waals surface area contributed by atoms with E-state index in [-0.39, 0.29) is 5.69 Å². The predicted molar refractivity (Wildman–Crippen MR) is 71.2 cm³/mol. The fraction of sp³-hybridized carbons (Fsp3) is 0.214. The van der Waals surface area contributed by atoms with E-state index in [1.54, 1.807) is 0 Å². The first kappa shape index (κ1) is 15.7. The summed E-state index contributed by atoms with van der Waals surface area (Å²) in [6.07, 6.45) is -3.69. The molecule has 0 aliphatic rings. The molecule has 0 aliphatic carbocycles. The number of ketones is 1. The number of hydrogen-bond donors (Lipinski definition) is 1. The predicted octanol–water partition coefficient (Wildman–Crippen LogP) is 2.47. The number of rotatable bonds is 2. The van der Waals surface area contributed by atoms with Crippen molar-refractivity contribution in [3.8, 4) is 11.4 Å². The summed E-state index contributed by atoms with van der Waals surface area (Å²) in [5.41, 5.74) is -2.12. The highest BCUT2D eigenvalue weighted by Gasteiger charge is 2.31. The second kappa shape index (κ2) is 5.28. The molecule has 1 aromatic carbocycles. The lowest BCUT2D eigenvalue weighted by molar-refractivity contribution is -0.137. The van der Waals surface area contributed by atoms with E-state index >= 15 is 0 Å². The Morgan fingerprint density at radius 2 is 1.91 bits per heavy atom. The van der Waals surface area contributed by atoms with Gasteiger partial charge in [0.1, 0.15) is 0 Å². The van der Waals surface area contributed by atoms with Gasteiger partial charge < -0.3 is 5.11 Å². The smallest absolute Gasteiger partial charge is 0.416 e. The van der Waals surface area contributed by atoms with Crippen molar-refractivity contribution < 1.29 is 23.1 Å². The van der Waals surface area contributed by atoms with E-state index in [0.29, 0.717) is 5.56 Å². The molecule has 22 heavy (non-hydrogen) atoms. The van der Waals surface area contributed by atoms with Gasteiger partial charge in [0.2, 0.25) is 0 Å². The van der Waals surface area contributed by atoms with Gasteiger partial charge in [-0.1, -0.05) is 0 Å². The lowest BCUT2D eigenvalue weighted by Gasteiger charge is -2.12. The molecule has 0 bridgehead atoms. The van der Waals surface area contributed by atoms with Crippen LogP contribution in [0, 0.1) is 6.92 Å². The first-order valence-corrected chi connectivity index (χ1v) is 6.12. The van der Waals surface area contributed by atoms with Crippen LogP contribution in [0.4, 0.5) is 13.2 Å². The van der Waals surface area contributed by atoms with Gasteiger partial charge in [-0.3, -0.25) is 9.59 Å². The number of alkyl halides is 3. The molecule has 0 atom stereocenters. The van der Waals surface area contributed by atoms with E-state index < -0.39 is 34.4 Å². The number of aromatic nitrogens is 2. The van der Waals surface area contributed by atoms with Crippen LogP contribution in [0.25, 0.3) is 5.69 Å². The number of benzene rings is 1. The summed E-state index contributed by atoms with van der Waals surface area (Å²) >= 11 is 0. The zero-order chi connectivity index (χ0) is 16.7. The zero-order valence-electron chi connectivity index (χ0n) is 11.6. The van der Waals surface area contributed by atoms with Crippen LogP contribution < -0.4 is 5.43 Å². The fourth-order valence-electron chi connectivity index (χ4n) is 1.90. The van der Waals surface area contributed by atoms with Gasteiger partial charge in [-0.05, 0) is 30.7 Å². The molecule has 1 aromatic heterocycles. The van der Waals surface area contributed by atoms with Crippen molar-refractivity contribution in [3.05, 3.63) is 51.4 Å². The van der Waals surface area contributed by atoms with E-state index in [2.05, 4.69) is 5.10 Å². The fourth-order valence-corrected chi connectivity index (χ4v) is 1.90. The maximum Gasteiger partial charge on any atom is 0.416 e. The van der Waals surface area contributed by atoms with Crippen LogP contribution in [-0.4, -0.2) is 20.7 Å². The topological polar surface area (TPSA) is 72.2 Å². The molecular weight excluding hydrogens is 301 g/mol. The van der Waals surface area contributed by atoms with Gasteiger partial charge in [0.15, 0.2) is 17.2 Å². The monoisotopic (exact) mass is 312 g/mol. The molecule has 2 aromatic rings. The van der Waals surface area contributed by atoms with Crippen molar-refractivity contribution in [2.24, 2.45) is 0 Å². The molecule has 0 fully saturated rings. The molecule has 0 saturated carbocycles. The Hall–Kier alpha value is -2.64. The Bertz CT molecular complexity index is 810. The average molecular weight is 312 g/mol. The van der Waals surface area contributed by atoms with Crippen LogP contribution in [0.1, 0.15) is 28.5 Å². The number of nitrogens with zero attached hydrogens (tertiary/aromatic N) is 2. The summed E-state index contributed by atoms with van der Waals surface area (Å²) < 4.78 is 39.4. The third kappa shape index (κ3) is 3.00. The largest absolute Gasteiger partial charge is 0.503 e. The molecule has 0 spiro atoms. The number of hydrogen-bond acceptors (Lipinski definition) is 4. The molecule has 5 nitrogen and oxygen atoms in total. The standard InChI is InChI=1S/C14H11F3N2O3/c1-7-3-9(14(15,16)17)5-10(4-7)19-6-11(21)13(22)12(18-19)8(2)20/h3-6,21H,1-2H3. The highest BCUT2D eigenvalue weighted by molar-refractivity contribution is 5.92. The van der Waals surface area contributed by atoms with E-state index in [1.165, 1.54) is 13.0 Å². The zero-order valence-corrected chi connectivity index (χ0v) is 11.6. The molecule has 116 valence electrons. The lowest BCUT2D eigenvalue weighted by atomic mass is 10.1. The third-order valence-electron chi connectivity index (χ3n) is 2.89. The molecule has 0 aliphatic heterocycles. The number of carbonyl (C=O) groups excluding carboxylic acids is 1. The van der Waals surface area contributed by atoms with Crippen molar-refractivity contribution in [2.45, 2.75) is 20.0 Å². The molecule has 0 radical (unpaired) electrons. The number of carbonyl (C=O) groups is 1. The summed E-state index contributed by atoms with van der Waals surface area (Å²) in [6, 6.07) is 3.15. The van der Waals surface area contributed by atoms with Crippen LogP contribution in [0.3, 0.4) is 0 Å². The molecule has 0 amide bonds. The summed E-state index contributed by atoms with van der Waals surface area (Å²) in [4.78, 5) is 22.9. The Morgan fingerprint density at radius 3 is 2.45 bits per heavy atom. The van der Waals surface area contributed by atoms with Crippen LogP contribution >= 0.6 is 0 Å². The normalized spacial score (nSPS) is 11.5. The van der Waals surface area contributed by atoms with Crippen LogP contribution in [0.2, 0.25) is 0 Å². The van der Waals surface area contributed by atoms with Crippen molar-refractivity contribution in [2.75, 3.05) is 0 Å². The third-order valence-corrected chi connectivity index (χ3v) is 2.89. The van der Waals surface area contributed by atoms with Gasteiger partial charge in [0.05, 0.1) is 17.4 Å². The second-order valence-electron chi connectivity index (χ2n) is 4.75. The first-order valence-electron chi connectivity index (χ1n) is 6.12. The Morgan fingerprint density at radius 1 is 1.27 bits per heavy atom. The number of aryl methyl sites for hydroxylation is 1. The van der Waals surface area contributed by atoms with Crippen molar-refractivity contribution >= 4 is 5.78 Å². The molecule has 2 rings (SSSR count). The maximum atomic E-state index is 12.8. The van der Waals surface area contributed by atoms with Gasteiger partial charge in [-0.15, -0.1) is 0 Å². The van der Waals surface area contributed by atoms with E-state index in [1.807, 2.05) is 0 Å². The van der Waals surface area contributed by atoms with Gasteiger partial charge in [-0.2, -0.15) is 18.3 Å². The van der Waals surface area contributed by atoms with E-state index in [4.69, 9.17) is 0 Å². The molecule has 0 saturated heterocycles. The first-order chi connectivity index (χ1) is 10.1. The highest BCUT2D eigenvalue weighted by Crippen LogP contribution is 2.31. The van der Waals surface area contributed by atoms with Crippen molar-refractivity contribution in [3.63, 3.8) is 0 Å². The van der Waals surface area contributed by atoms with Crippen molar-refractivity contribution in [1.82, 2.24) is 9.78 Å². The van der Waals surface area contributed by atoms with Crippen molar-refractivity contribution in [1.29, 1.82) is 0 Å². The number of halogens is 3. The van der Waals surface area contributed by atoms with Gasteiger partial charge in [-0.25, -0.2) is 4.68 Å². The number of Topliss-reactive ketones (excluding diaryl/α,β-unsaturated/α-hetero) is 1. The molecule has 1 heterocycles. The average Bonchev–Trinajstić information content (AvgIpc) is 2.39. The van der Waals surface area contributed by atoms with Crippen LogP contribution in [0.15, 0.2) is 29.2 Å². The quantitative estimate of drug-likeness (QED) is 0.865. The van der Waals surface area contributed by atoms with Gasteiger partial charge in [0.25, 0.3) is 5.43 Å². The second-order valence-corrected chi connectivity index (χ2v) is 4.75. The SMILES string of the molecule is CC(=O)c1nn(-c2cc(C)cc(C(F)(F)F)c2)cc(O)c1=O. The summed E-state index contributed by atoms with van der Waals surface area (Å²) in [7, 11) is 0. The molecule has 8 heteroatoms. The maximum absolute atomic E-state index is 12.8. The minimum Gasteiger partial charge on any atom is -0.503 e. The molecule has 1 N–H and O–H groups in total. The van der Waals surface area contributed by atoms with E-state index in [9.17, 15) is 27.9 Å².